The first kappa shape index (κ1) is 84.6. The maximum absolute atomic E-state index is 7.37. The molecule has 0 aliphatic rings. The number of hydrogen-bond acceptors (Lipinski definition) is 6. The molecule has 6 rings (SSSR count). The van der Waals surface area contributed by atoms with Crippen molar-refractivity contribution in [3.8, 4) is 65.0 Å². The lowest BCUT2D eigenvalue weighted by molar-refractivity contribution is 0.302. The van der Waals surface area contributed by atoms with Gasteiger partial charge in [0.05, 0.1) is 34.4 Å². The minimum Gasteiger partial charge on any atom is -0.491 e. The van der Waals surface area contributed by atoms with E-state index >= 15 is 0 Å². The first-order valence-electron chi connectivity index (χ1n) is 39.7. The first-order valence-corrected chi connectivity index (χ1v) is 44.6. The van der Waals surface area contributed by atoms with Crippen molar-refractivity contribution >= 4 is 58.8 Å². The van der Waals surface area contributed by atoms with Crippen molar-refractivity contribution in [3.05, 3.63) is 177 Å². The van der Waals surface area contributed by atoms with E-state index in [0.717, 1.165) is 69.4 Å². The van der Waals surface area contributed by atoms with Crippen LogP contribution in [0.25, 0.3) is 0 Å². The normalized spacial score (nSPS) is 12.4. The van der Waals surface area contributed by atoms with E-state index in [9.17, 15) is 0 Å². The Morgan fingerprint density at radius 2 is 0.446 bits per heavy atom. The van der Waals surface area contributed by atoms with Crippen LogP contribution in [0.2, 0.25) is 0 Å². The minimum absolute atomic E-state index is 0.503. The average Bonchev–Trinajstić information content (AvgIpc) is 0.763. The van der Waals surface area contributed by atoms with Crippen LogP contribution in [0.1, 0.15) is 305 Å². The molecule has 0 bridgehead atoms. The summed E-state index contributed by atoms with van der Waals surface area (Å²) in [4.78, 5) is 6.35. The lowest BCUT2D eigenvalue weighted by Crippen LogP contribution is -2.08. The zero-order chi connectivity index (χ0) is 71.9. The highest BCUT2D eigenvalue weighted by atomic mass is 32.2. The van der Waals surface area contributed by atoms with Crippen LogP contribution in [0.3, 0.4) is 0 Å². The minimum atomic E-state index is 0.503. The van der Waals surface area contributed by atoms with Gasteiger partial charge >= 0.3 is 0 Å². The second-order valence-corrected chi connectivity index (χ2v) is 33.2. The number of unbranched alkanes of at least 4 members (excludes halogenated alkanes) is 11. The SMILES string of the molecule is CCCCCCCCCOc1c(C#Cc2ccc(SCC(CC)CCCC)cc2)c(C#Cc2ccc(SCC(CC)CCCC)cc2)c(C#Cc2ccc(SCC(CC)CCCC)cc2)c(C#Cc2ccc(SCC(CC)CCCC)cc2)c1C#Cc1ccc(SCC(CC)CCCC)cc1. The van der Waals surface area contributed by atoms with Gasteiger partial charge in [-0.15, -0.1) is 58.8 Å². The molecule has 6 heteroatoms. The zero-order valence-corrected chi connectivity index (χ0v) is 68.3. The fourth-order valence-electron chi connectivity index (χ4n) is 12.1. The molecule has 0 saturated heterocycles. The first-order chi connectivity index (χ1) is 49.6. The topological polar surface area (TPSA) is 9.23 Å². The average molecular weight is 1440 g/mol. The number of hydrogen-bond donors (Lipinski definition) is 0. The second-order valence-electron chi connectivity index (χ2n) is 27.7. The summed E-state index contributed by atoms with van der Waals surface area (Å²) in [6.07, 6.45) is 33.2. The fourth-order valence-corrected chi connectivity index (χ4v) is 17.9. The predicted molar refractivity (Wildman–Crippen MR) is 452 cm³/mol. The van der Waals surface area contributed by atoms with E-state index in [4.69, 9.17) is 4.74 Å². The van der Waals surface area contributed by atoms with Crippen LogP contribution >= 0.6 is 58.8 Å². The monoisotopic (exact) mass is 1440 g/mol. The molecule has 0 fully saturated rings. The molecule has 0 heterocycles. The van der Waals surface area contributed by atoms with Crippen LogP contribution in [0, 0.1) is 88.8 Å². The van der Waals surface area contributed by atoms with E-state index in [1.54, 1.807) is 0 Å². The van der Waals surface area contributed by atoms with Gasteiger partial charge < -0.3 is 4.74 Å². The van der Waals surface area contributed by atoms with Crippen LogP contribution in [-0.4, -0.2) is 35.4 Å². The Bertz CT molecular complexity index is 3410. The third-order valence-corrected chi connectivity index (χ3v) is 25.7. The lowest BCUT2D eigenvalue weighted by atomic mass is 9.89. The molecule has 101 heavy (non-hydrogen) atoms. The Hall–Kier alpha value is -5.33. The molecule has 0 aliphatic heterocycles. The molecule has 0 radical (unpaired) electrons. The van der Waals surface area contributed by atoms with Crippen LogP contribution in [-0.2, 0) is 0 Å². The van der Waals surface area contributed by atoms with Crippen LogP contribution in [0.5, 0.6) is 5.75 Å². The van der Waals surface area contributed by atoms with Crippen molar-refractivity contribution in [2.24, 2.45) is 29.6 Å². The summed E-state index contributed by atoms with van der Waals surface area (Å²) in [5.74, 6) is 47.4. The van der Waals surface area contributed by atoms with Gasteiger partial charge in [-0.1, -0.05) is 270 Å². The molecule has 5 unspecified atom stereocenters. The third kappa shape index (κ3) is 32.3. The molecule has 0 spiro atoms. The fraction of sp³-hybridized carbons (Fsp3) is 0.516. The number of thioether (sulfide) groups is 5. The summed E-state index contributed by atoms with van der Waals surface area (Å²) < 4.78 is 7.37. The maximum Gasteiger partial charge on any atom is 0.153 e. The van der Waals surface area contributed by atoms with Crippen molar-refractivity contribution < 1.29 is 4.74 Å². The molecular formula is C95H124OS5. The van der Waals surface area contributed by atoms with Crippen LogP contribution in [0.4, 0.5) is 0 Å². The van der Waals surface area contributed by atoms with Crippen molar-refractivity contribution in [1.29, 1.82) is 0 Å². The Morgan fingerprint density at radius 1 is 0.238 bits per heavy atom. The molecule has 0 amide bonds. The highest BCUT2D eigenvalue weighted by molar-refractivity contribution is 8.00. The quantitative estimate of drug-likeness (QED) is 0.0213. The van der Waals surface area contributed by atoms with Gasteiger partial charge in [0.25, 0.3) is 0 Å². The van der Waals surface area contributed by atoms with Crippen LogP contribution < -0.4 is 4.74 Å². The number of benzene rings is 6. The molecule has 1 nitrogen and oxygen atoms in total. The molecule has 6 aromatic carbocycles. The predicted octanol–water partition coefficient (Wildman–Crippen LogP) is 28.4. The van der Waals surface area contributed by atoms with Gasteiger partial charge in [-0.25, -0.2) is 0 Å². The van der Waals surface area contributed by atoms with E-state index in [1.165, 1.54) is 185 Å². The van der Waals surface area contributed by atoms with Gasteiger partial charge in [-0.05, 0) is 189 Å². The van der Waals surface area contributed by atoms with E-state index in [-0.39, 0.29) is 0 Å². The van der Waals surface area contributed by atoms with E-state index in [2.05, 4.69) is 257 Å². The second kappa shape index (κ2) is 51.8. The summed E-state index contributed by atoms with van der Waals surface area (Å²) in [6, 6.07) is 44.3. The molecule has 0 saturated carbocycles. The Morgan fingerprint density at radius 3 is 0.673 bits per heavy atom. The molecular weight excluding hydrogens is 1320 g/mol. The van der Waals surface area contributed by atoms with Crippen molar-refractivity contribution in [2.75, 3.05) is 35.4 Å². The molecule has 0 aromatic heterocycles. The number of ether oxygens (including phenoxy) is 1. The Kier molecular flexibility index (Phi) is 43.4. The van der Waals surface area contributed by atoms with Gasteiger partial charge in [0.1, 0.15) is 0 Å². The van der Waals surface area contributed by atoms with E-state index in [0.29, 0.717) is 69.8 Å². The smallest absolute Gasteiger partial charge is 0.153 e. The van der Waals surface area contributed by atoms with Gasteiger partial charge in [0, 0.05) is 81.1 Å². The van der Waals surface area contributed by atoms with E-state index in [1.807, 2.05) is 58.8 Å². The summed E-state index contributed by atoms with van der Waals surface area (Å²) in [5.41, 5.74) is 8.13. The highest BCUT2D eigenvalue weighted by Gasteiger charge is 2.23. The third-order valence-electron chi connectivity index (χ3n) is 19.5. The van der Waals surface area contributed by atoms with Crippen molar-refractivity contribution in [3.63, 3.8) is 0 Å². The molecule has 0 aliphatic carbocycles. The van der Waals surface area contributed by atoms with Gasteiger partial charge in [0.2, 0.25) is 0 Å². The molecule has 0 N–H and O–H groups in total. The maximum atomic E-state index is 7.37. The summed E-state index contributed by atoms with van der Waals surface area (Å²) in [7, 11) is 0. The van der Waals surface area contributed by atoms with Gasteiger partial charge in [-0.2, -0.15) is 0 Å². The van der Waals surface area contributed by atoms with E-state index < -0.39 is 0 Å². The molecule has 540 valence electrons. The van der Waals surface area contributed by atoms with Gasteiger partial charge in [-0.3, -0.25) is 0 Å². The Labute approximate surface area is 639 Å². The summed E-state index contributed by atoms with van der Waals surface area (Å²) in [5, 5.41) is 0. The largest absolute Gasteiger partial charge is 0.491 e. The zero-order valence-electron chi connectivity index (χ0n) is 64.2. The standard InChI is InChI=1S/C95H124OS5/c1-12-23-29-30-31-32-33-69-96-95-93(67-52-83-45-60-88(61-46-83)100-73-78(21-10)37-27-16-5)91(65-50-81-41-56-86(57-42-81)98-71-76(19-8)35-25-14-3)90(64-49-80-39-54-85(55-40-80)97-70-75(18-7)34-24-13-2)92(66-51-82-43-58-87(59-44-82)99-72-77(20-9)36-26-15-4)94(95)68-53-84-47-62-89(63-48-84)101-74-79(22-11)38-28-17-6/h39-48,54-63,75-79H,12-38,69-74H2,1-11H3. The number of rotatable bonds is 44. The summed E-state index contributed by atoms with van der Waals surface area (Å²) in [6.45, 7) is 26.0. The lowest BCUT2D eigenvalue weighted by Gasteiger charge is -2.17. The summed E-state index contributed by atoms with van der Waals surface area (Å²) >= 11 is 9.82. The van der Waals surface area contributed by atoms with Gasteiger partial charge in [0.15, 0.2) is 5.75 Å². The van der Waals surface area contributed by atoms with Crippen molar-refractivity contribution in [2.45, 2.75) is 274 Å². The highest BCUT2D eigenvalue weighted by Crippen LogP contribution is 2.36. The van der Waals surface area contributed by atoms with Crippen LogP contribution in [0.15, 0.2) is 146 Å². The van der Waals surface area contributed by atoms with Crippen molar-refractivity contribution in [1.82, 2.24) is 0 Å². The molecule has 6 aromatic rings. The molecule has 5 atom stereocenters. The Balaban J connectivity index is 1.66.